The molecule has 0 aliphatic heterocycles. The zero-order valence-electron chi connectivity index (χ0n) is 8.33. The van der Waals surface area contributed by atoms with Crippen molar-refractivity contribution >= 4 is 23.0 Å². The van der Waals surface area contributed by atoms with E-state index in [1.54, 1.807) is 0 Å². The molecule has 0 atom stereocenters. The minimum atomic E-state index is 0.747. The molecule has 1 aromatic rings. The lowest BCUT2D eigenvalue weighted by molar-refractivity contribution is 0.788. The summed E-state index contributed by atoms with van der Waals surface area (Å²) >= 11 is 5.93. The third kappa shape index (κ3) is 2.13. The predicted octanol–water partition coefficient (Wildman–Crippen LogP) is 2.77. The number of benzene rings is 1. The first-order chi connectivity index (χ1) is 6.66. The summed E-state index contributed by atoms with van der Waals surface area (Å²) in [6, 6.07) is 5.62. The number of hydrogen-bond donors (Lipinski definition) is 1. The minimum Gasteiger partial charge on any atom is -0.397 e. The molecule has 1 fully saturated rings. The summed E-state index contributed by atoms with van der Waals surface area (Å²) in [5.74, 6) is 0.860. The third-order valence-corrected chi connectivity index (χ3v) is 2.87. The van der Waals surface area contributed by atoms with Crippen molar-refractivity contribution in [2.75, 3.05) is 24.2 Å². The van der Waals surface area contributed by atoms with Gasteiger partial charge < -0.3 is 10.6 Å². The van der Waals surface area contributed by atoms with Gasteiger partial charge in [-0.15, -0.1) is 0 Å². The fraction of sp³-hybridized carbons (Fsp3) is 0.455. The Labute approximate surface area is 89.7 Å². The van der Waals surface area contributed by atoms with Crippen LogP contribution >= 0.6 is 11.6 Å². The molecule has 0 heterocycles. The SMILES string of the molecule is CN(CC1CC1)c1cc(Cl)ccc1N. The average molecular weight is 211 g/mol. The van der Waals surface area contributed by atoms with Crippen molar-refractivity contribution in [3.63, 3.8) is 0 Å². The molecule has 3 heteroatoms. The molecule has 2 rings (SSSR count). The van der Waals surface area contributed by atoms with Crippen LogP contribution in [-0.2, 0) is 0 Å². The number of hydrogen-bond acceptors (Lipinski definition) is 2. The first kappa shape index (κ1) is 9.66. The molecule has 1 aliphatic rings. The first-order valence-corrected chi connectivity index (χ1v) is 5.31. The van der Waals surface area contributed by atoms with E-state index < -0.39 is 0 Å². The molecule has 1 aromatic carbocycles. The van der Waals surface area contributed by atoms with Gasteiger partial charge >= 0.3 is 0 Å². The zero-order chi connectivity index (χ0) is 10.1. The van der Waals surface area contributed by atoms with Crippen LogP contribution in [0.15, 0.2) is 18.2 Å². The van der Waals surface area contributed by atoms with Gasteiger partial charge in [0, 0.05) is 18.6 Å². The lowest BCUT2D eigenvalue weighted by atomic mass is 10.2. The molecule has 1 aliphatic carbocycles. The van der Waals surface area contributed by atoms with Gasteiger partial charge in [-0.2, -0.15) is 0 Å². The highest BCUT2D eigenvalue weighted by atomic mass is 35.5. The molecule has 0 radical (unpaired) electrons. The minimum absolute atomic E-state index is 0.747. The first-order valence-electron chi connectivity index (χ1n) is 4.93. The molecule has 0 amide bonds. The van der Waals surface area contributed by atoms with E-state index in [2.05, 4.69) is 11.9 Å². The molecule has 2 N–H and O–H groups in total. The van der Waals surface area contributed by atoms with Gasteiger partial charge in [-0.05, 0) is 37.0 Å². The van der Waals surface area contributed by atoms with Crippen molar-refractivity contribution in [2.24, 2.45) is 5.92 Å². The topological polar surface area (TPSA) is 29.3 Å². The van der Waals surface area contributed by atoms with Crippen molar-refractivity contribution in [1.82, 2.24) is 0 Å². The maximum atomic E-state index is 5.93. The molecule has 76 valence electrons. The van der Waals surface area contributed by atoms with Gasteiger partial charge in [0.25, 0.3) is 0 Å². The summed E-state index contributed by atoms with van der Waals surface area (Å²) < 4.78 is 0. The fourth-order valence-corrected chi connectivity index (χ4v) is 1.80. The van der Waals surface area contributed by atoms with E-state index in [1.807, 2.05) is 18.2 Å². The molecule has 14 heavy (non-hydrogen) atoms. The molecule has 0 saturated heterocycles. The van der Waals surface area contributed by atoms with Crippen molar-refractivity contribution in [2.45, 2.75) is 12.8 Å². The molecule has 0 spiro atoms. The van der Waals surface area contributed by atoms with E-state index >= 15 is 0 Å². The summed E-state index contributed by atoms with van der Waals surface area (Å²) in [4.78, 5) is 2.19. The normalized spacial score (nSPS) is 15.6. The monoisotopic (exact) mass is 210 g/mol. The summed E-state index contributed by atoms with van der Waals surface area (Å²) in [6.45, 7) is 1.09. The Morgan fingerprint density at radius 2 is 2.21 bits per heavy atom. The summed E-state index contributed by atoms with van der Waals surface area (Å²) in [5, 5.41) is 0.747. The van der Waals surface area contributed by atoms with Crippen molar-refractivity contribution < 1.29 is 0 Å². The second-order valence-electron chi connectivity index (χ2n) is 4.03. The van der Waals surface area contributed by atoms with Crippen molar-refractivity contribution in [1.29, 1.82) is 0 Å². The van der Waals surface area contributed by atoms with E-state index in [0.717, 1.165) is 28.9 Å². The lowest BCUT2D eigenvalue weighted by Crippen LogP contribution is -2.20. The van der Waals surface area contributed by atoms with E-state index in [4.69, 9.17) is 17.3 Å². The lowest BCUT2D eigenvalue weighted by Gasteiger charge is -2.21. The Morgan fingerprint density at radius 3 is 2.86 bits per heavy atom. The van der Waals surface area contributed by atoms with Gasteiger partial charge in [0.2, 0.25) is 0 Å². The van der Waals surface area contributed by atoms with Crippen LogP contribution < -0.4 is 10.6 Å². The van der Waals surface area contributed by atoms with Crippen LogP contribution in [0, 0.1) is 5.92 Å². The smallest absolute Gasteiger partial charge is 0.0612 e. The maximum absolute atomic E-state index is 5.93. The van der Waals surface area contributed by atoms with Crippen LogP contribution in [-0.4, -0.2) is 13.6 Å². The Morgan fingerprint density at radius 1 is 1.50 bits per heavy atom. The quantitative estimate of drug-likeness (QED) is 0.778. The average Bonchev–Trinajstić information content (AvgIpc) is 2.93. The van der Waals surface area contributed by atoms with E-state index in [-0.39, 0.29) is 0 Å². The molecular weight excluding hydrogens is 196 g/mol. The van der Waals surface area contributed by atoms with E-state index in [1.165, 1.54) is 12.8 Å². The Hall–Kier alpha value is -0.890. The molecule has 2 nitrogen and oxygen atoms in total. The van der Waals surface area contributed by atoms with Crippen LogP contribution in [0.1, 0.15) is 12.8 Å². The fourth-order valence-electron chi connectivity index (χ4n) is 1.63. The Bertz CT molecular complexity index is 334. The maximum Gasteiger partial charge on any atom is 0.0612 e. The summed E-state index contributed by atoms with van der Waals surface area (Å²) in [7, 11) is 2.07. The second kappa shape index (κ2) is 3.70. The summed E-state index contributed by atoms with van der Waals surface area (Å²) in [5.41, 5.74) is 7.74. The molecule has 0 unspecified atom stereocenters. The number of rotatable bonds is 3. The van der Waals surface area contributed by atoms with Crippen LogP contribution in [0.2, 0.25) is 5.02 Å². The predicted molar refractivity (Wildman–Crippen MR) is 61.9 cm³/mol. The van der Waals surface area contributed by atoms with Gasteiger partial charge in [0.15, 0.2) is 0 Å². The largest absolute Gasteiger partial charge is 0.397 e. The van der Waals surface area contributed by atoms with E-state index in [0.29, 0.717) is 0 Å². The number of nitrogen functional groups attached to an aromatic ring is 1. The van der Waals surface area contributed by atoms with Crippen LogP contribution in [0.25, 0.3) is 0 Å². The van der Waals surface area contributed by atoms with Gasteiger partial charge in [0.05, 0.1) is 11.4 Å². The van der Waals surface area contributed by atoms with Crippen LogP contribution in [0.5, 0.6) is 0 Å². The number of halogens is 1. The highest BCUT2D eigenvalue weighted by Gasteiger charge is 2.23. The van der Waals surface area contributed by atoms with Gasteiger partial charge in [0.1, 0.15) is 0 Å². The number of nitrogens with two attached hydrogens (primary N) is 1. The highest BCUT2D eigenvalue weighted by Crippen LogP contribution is 2.33. The number of nitrogens with zero attached hydrogens (tertiary/aromatic N) is 1. The van der Waals surface area contributed by atoms with Gasteiger partial charge in [-0.25, -0.2) is 0 Å². The highest BCUT2D eigenvalue weighted by molar-refractivity contribution is 6.31. The van der Waals surface area contributed by atoms with Gasteiger partial charge in [-0.1, -0.05) is 11.6 Å². The van der Waals surface area contributed by atoms with Crippen LogP contribution in [0.4, 0.5) is 11.4 Å². The van der Waals surface area contributed by atoms with E-state index in [9.17, 15) is 0 Å². The van der Waals surface area contributed by atoms with Gasteiger partial charge in [-0.3, -0.25) is 0 Å². The second-order valence-corrected chi connectivity index (χ2v) is 4.46. The molecule has 1 saturated carbocycles. The standard InChI is InChI=1S/C11H15ClN2/c1-14(7-8-2-3-8)11-6-9(12)4-5-10(11)13/h4-6,8H,2-3,7,13H2,1H3. The molecule has 0 bridgehead atoms. The molecular formula is C11H15ClN2. The Balaban J connectivity index is 2.15. The summed E-state index contributed by atoms with van der Waals surface area (Å²) in [6.07, 6.45) is 2.70. The molecule has 0 aromatic heterocycles. The Kier molecular flexibility index (Phi) is 2.55. The van der Waals surface area contributed by atoms with Crippen LogP contribution in [0.3, 0.4) is 0 Å². The van der Waals surface area contributed by atoms with Crippen molar-refractivity contribution in [3.05, 3.63) is 23.2 Å². The zero-order valence-corrected chi connectivity index (χ0v) is 9.09. The number of anilines is 2. The third-order valence-electron chi connectivity index (χ3n) is 2.63. The van der Waals surface area contributed by atoms with Crippen molar-refractivity contribution in [3.8, 4) is 0 Å².